The van der Waals surface area contributed by atoms with Gasteiger partial charge in [0.15, 0.2) is 11.5 Å². The minimum atomic E-state index is -0.604. The van der Waals surface area contributed by atoms with Gasteiger partial charge in [-0.3, -0.25) is 0 Å². The van der Waals surface area contributed by atoms with Gasteiger partial charge in [-0.15, -0.1) is 0 Å². The second-order valence-electron chi connectivity index (χ2n) is 4.51. The number of benzene rings is 2. The van der Waals surface area contributed by atoms with E-state index in [1.165, 1.54) is 0 Å². The van der Waals surface area contributed by atoms with E-state index in [1.54, 1.807) is 7.11 Å². The summed E-state index contributed by atoms with van der Waals surface area (Å²) in [7, 11) is 1.59. The van der Waals surface area contributed by atoms with Crippen molar-refractivity contribution >= 4 is 28.3 Å². The van der Waals surface area contributed by atoms with Gasteiger partial charge in [0.05, 0.1) is 7.11 Å². The van der Waals surface area contributed by atoms with E-state index in [1.807, 2.05) is 48.5 Å². The summed E-state index contributed by atoms with van der Waals surface area (Å²) < 4.78 is 11.9. The van der Waals surface area contributed by atoms with Gasteiger partial charge in [0.1, 0.15) is 12.7 Å². The average molecular weight is 399 g/mol. The Morgan fingerprint density at radius 2 is 1.90 bits per heavy atom. The Labute approximate surface area is 138 Å². The molecule has 112 valence electrons. The summed E-state index contributed by atoms with van der Waals surface area (Å²) >= 11 is 2.25. The molecule has 0 saturated carbocycles. The Morgan fingerprint density at radius 3 is 2.62 bits per heavy atom. The number of aliphatic hydroxyl groups excluding tert-OH is 1. The Hall–Kier alpha value is -1.47. The van der Waals surface area contributed by atoms with Crippen molar-refractivity contribution < 1.29 is 14.6 Å². The van der Waals surface area contributed by atoms with Crippen molar-refractivity contribution in [3.8, 4) is 11.5 Å². The summed E-state index contributed by atoms with van der Waals surface area (Å²) in [6.45, 7) is 0.631. The number of halogens is 1. The van der Waals surface area contributed by atoms with Gasteiger partial charge in [0.2, 0.25) is 0 Å². The van der Waals surface area contributed by atoms with E-state index in [4.69, 9.17) is 9.47 Å². The van der Waals surface area contributed by atoms with Crippen LogP contribution in [0.25, 0.3) is 0 Å². The third-order valence-electron chi connectivity index (χ3n) is 2.87. The van der Waals surface area contributed by atoms with Crippen LogP contribution in [0, 0.1) is 3.57 Å². The number of para-hydroxylation sites is 2. The molecule has 0 aliphatic heterocycles. The number of rotatable bonds is 7. The summed E-state index contributed by atoms with van der Waals surface area (Å²) in [5.74, 6) is 1.29. The first kappa shape index (κ1) is 15.9. The lowest BCUT2D eigenvalue weighted by Crippen LogP contribution is -2.26. The zero-order valence-electron chi connectivity index (χ0n) is 11.8. The van der Waals surface area contributed by atoms with Gasteiger partial charge in [-0.05, 0) is 52.9 Å². The maximum atomic E-state index is 9.97. The zero-order valence-corrected chi connectivity index (χ0v) is 13.9. The molecule has 0 heterocycles. The Morgan fingerprint density at radius 1 is 1.14 bits per heavy atom. The van der Waals surface area contributed by atoms with Gasteiger partial charge in [0, 0.05) is 15.8 Å². The highest BCUT2D eigenvalue weighted by molar-refractivity contribution is 14.1. The molecule has 5 heteroatoms. The summed E-state index contributed by atoms with van der Waals surface area (Å²) in [5, 5.41) is 13.2. The minimum Gasteiger partial charge on any atom is -0.493 e. The highest BCUT2D eigenvalue weighted by Crippen LogP contribution is 2.25. The quantitative estimate of drug-likeness (QED) is 0.703. The third kappa shape index (κ3) is 5.09. The van der Waals surface area contributed by atoms with Crippen LogP contribution in [0.3, 0.4) is 0 Å². The SMILES string of the molecule is COc1ccccc1OCC(O)CNc1cccc(I)c1. The molecule has 0 aliphatic rings. The molecule has 2 N–H and O–H groups in total. The van der Waals surface area contributed by atoms with Crippen LogP contribution in [-0.2, 0) is 0 Å². The fourth-order valence-corrected chi connectivity index (χ4v) is 2.36. The van der Waals surface area contributed by atoms with E-state index >= 15 is 0 Å². The molecule has 2 aromatic rings. The van der Waals surface area contributed by atoms with Gasteiger partial charge in [-0.2, -0.15) is 0 Å². The molecule has 0 aliphatic carbocycles. The van der Waals surface area contributed by atoms with Crippen molar-refractivity contribution in [3.05, 3.63) is 52.1 Å². The summed E-state index contributed by atoms with van der Waals surface area (Å²) in [5.41, 5.74) is 0.984. The normalized spacial score (nSPS) is 11.8. The molecule has 1 unspecified atom stereocenters. The van der Waals surface area contributed by atoms with E-state index < -0.39 is 6.10 Å². The van der Waals surface area contributed by atoms with Crippen LogP contribution >= 0.6 is 22.6 Å². The number of hydrogen-bond donors (Lipinski definition) is 2. The molecular formula is C16H18INO3. The van der Waals surface area contributed by atoms with Crippen molar-refractivity contribution in [2.45, 2.75) is 6.10 Å². The molecule has 0 spiro atoms. The van der Waals surface area contributed by atoms with Crippen LogP contribution in [-0.4, -0.2) is 31.5 Å². The van der Waals surface area contributed by atoms with Crippen molar-refractivity contribution in [2.24, 2.45) is 0 Å². The minimum absolute atomic E-state index is 0.206. The largest absolute Gasteiger partial charge is 0.493 e. The summed E-state index contributed by atoms with van der Waals surface area (Å²) in [6.07, 6.45) is -0.604. The molecule has 4 nitrogen and oxygen atoms in total. The van der Waals surface area contributed by atoms with Crippen molar-refractivity contribution in [1.29, 1.82) is 0 Å². The van der Waals surface area contributed by atoms with E-state index in [0.29, 0.717) is 18.0 Å². The van der Waals surface area contributed by atoms with Gasteiger partial charge < -0.3 is 19.9 Å². The maximum Gasteiger partial charge on any atom is 0.161 e. The Kier molecular flexibility index (Phi) is 6.13. The second kappa shape index (κ2) is 8.09. The summed E-state index contributed by atoms with van der Waals surface area (Å²) in [4.78, 5) is 0. The van der Waals surface area contributed by atoms with E-state index in [2.05, 4.69) is 27.9 Å². The zero-order chi connectivity index (χ0) is 15.1. The first-order valence-electron chi connectivity index (χ1n) is 6.62. The van der Waals surface area contributed by atoms with Crippen molar-refractivity contribution in [3.63, 3.8) is 0 Å². The number of hydrogen-bond acceptors (Lipinski definition) is 4. The lowest BCUT2D eigenvalue weighted by atomic mass is 10.3. The van der Waals surface area contributed by atoms with Gasteiger partial charge >= 0.3 is 0 Å². The fraction of sp³-hybridized carbons (Fsp3) is 0.250. The lowest BCUT2D eigenvalue weighted by molar-refractivity contribution is 0.115. The first-order valence-corrected chi connectivity index (χ1v) is 7.70. The standard InChI is InChI=1S/C16H18INO3/c1-20-15-7-2-3-8-16(15)21-11-14(19)10-18-13-6-4-5-12(17)9-13/h2-9,14,18-19H,10-11H2,1H3. The average Bonchev–Trinajstić information content (AvgIpc) is 2.51. The first-order chi connectivity index (χ1) is 10.2. The van der Waals surface area contributed by atoms with E-state index in [9.17, 15) is 5.11 Å². The number of ether oxygens (including phenoxy) is 2. The van der Waals surface area contributed by atoms with Crippen LogP contribution in [0.4, 0.5) is 5.69 Å². The highest BCUT2D eigenvalue weighted by Gasteiger charge is 2.08. The topological polar surface area (TPSA) is 50.7 Å². The number of anilines is 1. The molecule has 2 rings (SSSR count). The number of methoxy groups -OCH3 is 1. The molecule has 2 aromatic carbocycles. The predicted molar refractivity (Wildman–Crippen MR) is 92.1 cm³/mol. The maximum absolute atomic E-state index is 9.97. The van der Waals surface area contributed by atoms with Crippen LogP contribution in [0.5, 0.6) is 11.5 Å². The van der Waals surface area contributed by atoms with Crippen LogP contribution in [0.2, 0.25) is 0 Å². The number of aliphatic hydroxyl groups is 1. The van der Waals surface area contributed by atoms with Crippen molar-refractivity contribution in [1.82, 2.24) is 0 Å². The second-order valence-corrected chi connectivity index (χ2v) is 5.75. The molecular weight excluding hydrogens is 381 g/mol. The van der Waals surface area contributed by atoms with E-state index in [0.717, 1.165) is 9.26 Å². The lowest BCUT2D eigenvalue weighted by Gasteiger charge is -2.15. The predicted octanol–water partition coefficient (Wildman–Crippen LogP) is 3.15. The summed E-state index contributed by atoms with van der Waals surface area (Å²) in [6, 6.07) is 15.4. The molecule has 0 radical (unpaired) electrons. The molecule has 0 aromatic heterocycles. The van der Waals surface area contributed by atoms with Crippen LogP contribution < -0.4 is 14.8 Å². The highest BCUT2D eigenvalue weighted by atomic mass is 127. The molecule has 0 bridgehead atoms. The molecule has 0 fully saturated rings. The van der Waals surface area contributed by atoms with Gasteiger partial charge in [-0.1, -0.05) is 18.2 Å². The Bertz CT molecular complexity index is 577. The number of nitrogens with one attached hydrogen (secondary N) is 1. The smallest absolute Gasteiger partial charge is 0.161 e. The molecule has 1 atom stereocenters. The molecule has 21 heavy (non-hydrogen) atoms. The molecule has 0 amide bonds. The Balaban J connectivity index is 1.81. The van der Waals surface area contributed by atoms with Crippen LogP contribution in [0.15, 0.2) is 48.5 Å². The fourth-order valence-electron chi connectivity index (χ4n) is 1.82. The monoisotopic (exact) mass is 399 g/mol. The van der Waals surface area contributed by atoms with Gasteiger partial charge in [-0.25, -0.2) is 0 Å². The van der Waals surface area contributed by atoms with E-state index in [-0.39, 0.29) is 6.61 Å². The third-order valence-corrected chi connectivity index (χ3v) is 3.54. The van der Waals surface area contributed by atoms with Crippen molar-refractivity contribution in [2.75, 3.05) is 25.6 Å². The van der Waals surface area contributed by atoms with Crippen LogP contribution in [0.1, 0.15) is 0 Å². The van der Waals surface area contributed by atoms with Gasteiger partial charge in [0.25, 0.3) is 0 Å². The molecule has 0 saturated heterocycles.